The van der Waals surface area contributed by atoms with Crippen molar-refractivity contribution >= 4 is 0 Å². The van der Waals surface area contributed by atoms with E-state index in [1.165, 1.54) is 18.2 Å². The lowest BCUT2D eigenvalue weighted by molar-refractivity contribution is 0.295. The maximum Gasteiger partial charge on any atom is 0.201 e. The fraction of sp³-hybridized carbons (Fsp3) is 0.455. The van der Waals surface area contributed by atoms with E-state index in [2.05, 4.69) is 6.92 Å². The lowest BCUT2D eigenvalue weighted by atomic mass is 9.79. The van der Waals surface area contributed by atoms with E-state index in [1.807, 2.05) is 13.0 Å². The molecule has 0 radical (unpaired) electrons. The zero-order valence-corrected chi connectivity index (χ0v) is 15.3. The van der Waals surface area contributed by atoms with Crippen LogP contribution in [0.15, 0.2) is 30.3 Å². The average Bonchev–Trinajstić information content (AvgIpc) is 2.64. The summed E-state index contributed by atoms with van der Waals surface area (Å²) in [7, 11) is 0. The molecule has 0 heterocycles. The van der Waals surface area contributed by atoms with Crippen molar-refractivity contribution in [2.45, 2.75) is 51.9 Å². The SMILES string of the molecule is CCCOc1ccc(-c2ccc(C3CCC(C)CC3)cc2F)c(F)c1F. The second-order valence-electron chi connectivity index (χ2n) is 7.28. The van der Waals surface area contributed by atoms with E-state index in [1.54, 1.807) is 6.07 Å². The summed E-state index contributed by atoms with van der Waals surface area (Å²) in [4.78, 5) is 0. The Morgan fingerprint density at radius 2 is 1.62 bits per heavy atom. The lowest BCUT2D eigenvalue weighted by Crippen LogP contribution is -2.11. The summed E-state index contributed by atoms with van der Waals surface area (Å²) in [5, 5.41) is 0. The molecule has 4 heteroatoms. The summed E-state index contributed by atoms with van der Waals surface area (Å²) < 4.78 is 48.5. The highest BCUT2D eigenvalue weighted by molar-refractivity contribution is 5.66. The van der Waals surface area contributed by atoms with Gasteiger partial charge in [-0.25, -0.2) is 8.78 Å². The van der Waals surface area contributed by atoms with E-state index in [4.69, 9.17) is 4.74 Å². The van der Waals surface area contributed by atoms with Crippen LogP contribution in [0.2, 0.25) is 0 Å². The van der Waals surface area contributed by atoms with Crippen LogP contribution in [0, 0.1) is 23.4 Å². The summed E-state index contributed by atoms with van der Waals surface area (Å²) in [6, 6.07) is 7.63. The van der Waals surface area contributed by atoms with Crippen molar-refractivity contribution in [3.63, 3.8) is 0 Å². The first-order chi connectivity index (χ1) is 12.5. The van der Waals surface area contributed by atoms with Crippen LogP contribution in [0.5, 0.6) is 5.75 Å². The van der Waals surface area contributed by atoms with Gasteiger partial charge < -0.3 is 4.74 Å². The van der Waals surface area contributed by atoms with E-state index in [-0.39, 0.29) is 16.9 Å². The van der Waals surface area contributed by atoms with Gasteiger partial charge in [-0.2, -0.15) is 4.39 Å². The van der Waals surface area contributed by atoms with E-state index in [9.17, 15) is 13.2 Å². The molecule has 1 aliphatic rings. The van der Waals surface area contributed by atoms with Crippen LogP contribution in [0.1, 0.15) is 57.4 Å². The van der Waals surface area contributed by atoms with Crippen LogP contribution < -0.4 is 4.74 Å². The molecule has 1 nitrogen and oxygen atoms in total. The van der Waals surface area contributed by atoms with Crippen LogP contribution in [0.4, 0.5) is 13.2 Å². The molecular formula is C22H25F3O. The molecule has 3 rings (SSSR count). The first-order valence-electron chi connectivity index (χ1n) is 9.41. The van der Waals surface area contributed by atoms with E-state index in [0.29, 0.717) is 18.9 Å². The maximum atomic E-state index is 14.7. The van der Waals surface area contributed by atoms with Gasteiger partial charge in [0, 0.05) is 11.1 Å². The summed E-state index contributed by atoms with van der Waals surface area (Å²) in [6.45, 7) is 4.43. The lowest BCUT2D eigenvalue weighted by Gasteiger charge is -2.26. The Kier molecular flexibility index (Phi) is 5.90. The Morgan fingerprint density at radius 1 is 0.923 bits per heavy atom. The first kappa shape index (κ1) is 18.8. The van der Waals surface area contributed by atoms with Crippen molar-refractivity contribution in [2.24, 2.45) is 5.92 Å². The number of hydrogen-bond acceptors (Lipinski definition) is 1. The van der Waals surface area contributed by atoms with Crippen molar-refractivity contribution in [3.8, 4) is 16.9 Å². The molecule has 0 aromatic heterocycles. The van der Waals surface area contributed by atoms with Gasteiger partial charge in [0.15, 0.2) is 11.6 Å². The molecule has 0 amide bonds. The van der Waals surface area contributed by atoms with Gasteiger partial charge in [0.1, 0.15) is 5.82 Å². The molecule has 0 bridgehead atoms. The van der Waals surface area contributed by atoms with Crippen LogP contribution in [-0.4, -0.2) is 6.61 Å². The molecule has 0 aliphatic heterocycles. The van der Waals surface area contributed by atoms with Crippen LogP contribution in [0.3, 0.4) is 0 Å². The van der Waals surface area contributed by atoms with Gasteiger partial charge in [0.2, 0.25) is 5.82 Å². The highest BCUT2D eigenvalue weighted by atomic mass is 19.2. The Morgan fingerprint density at radius 3 is 2.27 bits per heavy atom. The number of benzene rings is 2. The summed E-state index contributed by atoms with van der Waals surface area (Å²) in [6.07, 6.45) is 5.08. The van der Waals surface area contributed by atoms with Gasteiger partial charge in [-0.1, -0.05) is 38.8 Å². The molecule has 0 unspecified atom stereocenters. The smallest absolute Gasteiger partial charge is 0.201 e. The van der Waals surface area contributed by atoms with Gasteiger partial charge in [0.05, 0.1) is 6.61 Å². The third kappa shape index (κ3) is 3.89. The Labute approximate surface area is 153 Å². The van der Waals surface area contributed by atoms with Crippen LogP contribution in [0.25, 0.3) is 11.1 Å². The second-order valence-corrected chi connectivity index (χ2v) is 7.28. The summed E-state index contributed by atoms with van der Waals surface area (Å²) >= 11 is 0. The molecule has 0 spiro atoms. The quantitative estimate of drug-likeness (QED) is 0.565. The van der Waals surface area contributed by atoms with E-state index in [0.717, 1.165) is 37.2 Å². The fourth-order valence-electron chi connectivity index (χ4n) is 3.66. The van der Waals surface area contributed by atoms with Gasteiger partial charge in [0.25, 0.3) is 0 Å². The zero-order chi connectivity index (χ0) is 18.7. The minimum Gasteiger partial charge on any atom is -0.490 e. The van der Waals surface area contributed by atoms with Gasteiger partial charge in [-0.3, -0.25) is 0 Å². The van der Waals surface area contributed by atoms with Gasteiger partial charge >= 0.3 is 0 Å². The predicted octanol–water partition coefficient (Wildman–Crippen LogP) is 6.85. The predicted molar refractivity (Wildman–Crippen MR) is 97.9 cm³/mol. The number of halogens is 3. The van der Waals surface area contributed by atoms with Crippen molar-refractivity contribution in [2.75, 3.05) is 6.61 Å². The number of hydrogen-bond donors (Lipinski definition) is 0. The molecular weight excluding hydrogens is 337 g/mol. The van der Waals surface area contributed by atoms with Crippen molar-refractivity contribution in [3.05, 3.63) is 53.3 Å². The third-order valence-electron chi connectivity index (χ3n) is 5.28. The Bertz CT molecular complexity index is 764. The van der Waals surface area contributed by atoms with Crippen LogP contribution >= 0.6 is 0 Å². The molecule has 2 aromatic rings. The van der Waals surface area contributed by atoms with Gasteiger partial charge in [-0.05, 0) is 54.9 Å². The molecule has 26 heavy (non-hydrogen) atoms. The molecule has 1 saturated carbocycles. The minimum atomic E-state index is -1.07. The molecule has 0 saturated heterocycles. The number of ether oxygens (including phenoxy) is 1. The molecule has 0 atom stereocenters. The molecule has 0 N–H and O–H groups in total. The average molecular weight is 362 g/mol. The third-order valence-corrected chi connectivity index (χ3v) is 5.28. The summed E-state index contributed by atoms with van der Waals surface area (Å²) in [5.74, 6) is -1.72. The van der Waals surface area contributed by atoms with Crippen molar-refractivity contribution < 1.29 is 17.9 Å². The molecule has 140 valence electrons. The second kappa shape index (κ2) is 8.15. The minimum absolute atomic E-state index is 0.0762. The highest BCUT2D eigenvalue weighted by Crippen LogP contribution is 2.38. The maximum absolute atomic E-state index is 14.7. The zero-order valence-electron chi connectivity index (χ0n) is 15.3. The normalized spacial score (nSPS) is 20.2. The van der Waals surface area contributed by atoms with Crippen molar-refractivity contribution in [1.29, 1.82) is 0 Å². The molecule has 2 aromatic carbocycles. The molecule has 1 aliphatic carbocycles. The standard InChI is InChI=1S/C22H25F3O/c1-3-12-26-20-11-10-18(21(24)22(20)25)17-9-8-16(13-19(17)23)15-6-4-14(2)5-7-15/h8-11,13-15H,3-7,12H2,1-2H3. The van der Waals surface area contributed by atoms with Gasteiger partial charge in [-0.15, -0.1) is 0 Å². The number of rotatable bonds is 5. The Hall–Kier alpha value is -1.97. The van der Waals surface area contributed by atoms with Crippen molar-refractivity contribution in [1.82, 2.24) is 0 Å². The summed E-state index contributed by atoms with van der Waals surface area (Å²) in [5.41, 5.74) is 0.950. The monoisotopic (exact) mass is 362 g/mol. The fourth-order valence-corrected chi connectivity index (χ4v) is 3.66. The Balaban J connectivity index is 1.87. The van der Waals surface area contributed by atoms with E-state index < -0.39 is 17.5 Å². The van der Waals surface area contributed by atoms with E-state index >= 15 is 0 Å². The largest absolute Gasteiger partial charge is 0.490 e. The topological polar surface area (TPSA) is 9.23 Å². The first-order valence-corrected chi connectivity index (χ1v) is 9.41. The highest BCUT2D eigenvalue weighted by Gasteiger charge is 2.22. The van der Waals surface area contributed by atoms with Crippen LogP contribution in [-0.2, 0) is 0 Å². The molecule has 1 fully saturated rings.